The van der Waals surface area contributed by atoms with E-state index in [1.165, 1.54) is 6.07 Å². The topological polar surface area (TPSA) is 107 Å². The Morgan fingerprint density at radius 3 is 2.58 bits per heavy atom. The van der Waals surface area contributed by atoms with Crippen molar-refractivity contribution in [2.75, 3.05) is 0 Å². The number of rotatable bonds is 4. The number of hydroxylamine groups is 1. The Labute approximate surface area is 138 Å². The molecule has 6 heteroatoms. The summed E-state index contributed by atoms with van der Waals surface area (Å²) in [5.41, 5.74) is 4.02. The molecule has 0 atom stereocenters. The van der Waals surface area contributed by atoms with Crippen LogP contribution in [0.3, 0.4) is 0 Å². The maximum atomic E-state index is 12.7. The second kappa shape index (κ2) is 6.33. The van der Waals surface area contributed by atoms with Crippen molar-refractivity contribution in [1.29, 1.82) is 0 Å². The SMILES string of the molecule is O=C(CCCc1ccc2c(c1O)C(=O)c1c(O)cccc1C2)NO. The fourth-order valence-corrected chi connectivity index (χ4v) is 3.10. The van der Waals surface area contributed by atoms with Gasteiger partial charge in [-0.1, -0.05) is 24.3 Å². The average Bonchev–Trinajstić information content (AvgIpc) is 2.56. The van der Waals surface area contributed by atoms with Crippen molar-refractivity contribution in [3.8, 4) is 11.5 Å². The van der Waals surface area contributed by atoms with Crippen molar-refractivity contribution in [2.45, 2.75) is 25.7 Å². The van der Waals surface area contributed by atoms with Gasteiger partial charge in [0.25, 0.3) is 0 Å². The molecule has 0 bridgehead atoms. The van der Waals surface area contributed by atoms with Gasteiger partial charge in [-0.15, -0.1) is 0 Å². The van der Waals surface area contributed by atoms with Crippen LogP contribution in [-0.2, 0) is 17.6 Å². The largest absolute Gasteiger partial charge is 0.507 e. The van der Waals surface area contributed by atoms with Crippen LogP contribution >= 0.6 is 0 Å². The number of ketones is 1. The first kappa shape index (κ1) is 16.0. The van der Waals surface area contributed by atoms with E-state index in [2.05, 4.69) is 0 Å². The molecule has 1 aliphatic carbocycles. The first-order chi connectivity index (χ1) is 11.5. The number of nitrogens with one attached hydrogen (secondary N) is 1. The maximum absolute atomic E-state index is 12.7. The number of phenols is 2. The molecule has 24 heavy (non-hydrogen) atoms. The van der Waals surface area contributed by atoms with Crippen LogP contribution in [0.5, 0.6) is 11.5 Å². The highest BCUT2D eigenvalue weighted by Crippen LogP contribution is 2.38. The molecule has 1 amide bonds. The zero-order chi connectivity index (χ0) is 17.3. The summed E-state index contributed by atoms with van der Waals surface area (Å²) in [5, 5.41) is 28.9. The van der Waals surface area contributed by atoms with Gasteiger partial charge in [0, 0.05) is 6.42 Å². The van der Waals surface area contributed by atoms with Gasteiger partial charge < -0.3 is 10.2 Å². The van der Waals surface area contributed by atoms with Crippen LogP contribution in [0.1, 0.15) is 45.5 Å². The number of benzene rings is 2. The van der Waals surface area contributed by atoms with Gasteiger partial charge in [-0.05, 0) is 42.0 Å². The summed E-state index contributed by atoms with van der Waals surface area (Å²) < 4.78 is 0. The van der Waals surface area contributed by atoms with Gasteiger partial charge >= 0.3 is 0 Å². The lowest BCUT2D eigenvalue weighted by Gasteiger charge is -2.21. The molecule has 0 heterocycles. The van der Waals surface area contributed by atoms with Crippen molar-refractivity contribution >= 4 is 11.7 Å². The number of aryl methyl sites for hydroxylation is 1. The standard InChI is InChI=1S/C18H17NO5/c20-13-5-1-4-11-9-12-8-7-10(3-2-6-14(21)19-24)17(22)16(12)18(23)15(11)13/h1,4-5,7-8,20,22,24H,2-3,6,9H2,(H,19,21). The Morgan fingerprint density at radius 1 is 1.08 bits per heavy atom. The van der Waals surface area contributed by atoms with Crippen LogP contribution in [0.2, 0.25) is 0 Å². The van der Waals surface area contributed by atoms with Gasteiger partial charge in [-0.3, -0.25) is 14.8 Å². The van der Waals surface area contributed by atoms with E-state index in [4.69, 9.17) is 5.21 Å². The number of carbonyl (C=O) groups is 2. The van der Waals surface area contributed by atoms with Gasteiger partial charge in [-0.2, -0.15) is 0 Å². The zero-order valence-corrected chi connectivity index (χ0v) is 12.9. The van der Waals surface area contributed by atoms with Crippen molar-refractivity contribution in [3.63, 3.8) is 0 Å². The smallest absolute Gasteiger partial charge is 0.243 e. The number of carbonyl (C=O) groups excluding carboxylic acids is 2. The minimum Gasteiger partial charge on any atom is -0.507 e. The number of hydrogen-bond donors (Lipinski definition) is 4. The lowest BCUT2D eigenvalue weighted by molar-refractivity contribution is -0.129. The van der Waals surface area contributed by atoms with Crippen molar-refractivity contribution in [2.24, 2.45) is 0 Å². The van der Waals surface area contributed by atoms with E-state index in [9.17, 15) is 19.8 Å². The molecule has 0 radical (unpaired) electrons. The molecule has 0 spiro atoms. The first-order valence-electron chi connectivity index (χ1n) is 7.65. The maximum Gasteiger partial charge on any atom is 0.243 e. The third kappa shape index (κ3) is 2.72. The number of hydrogen-bond acceptors (Lipinski definition) is 5. The lowest BCUT2D eigenvalue weighted by atomic mass is 9.82. The quantitative estimate of drug-likeness (QED) is 0.433. The highest BCUT2D eigenvalue weighted by molar-refractivity contribution is 6.15. The van der Waals surface area contributed by atoms with E-state index in [0.29, 0.717) is 30.4 Å². The van der Waals surface area contributed by atoms with Crippen LogP contribution in [0.4, 0.5) is 0 Å². The molecule has 0 aromatic heterocycles. The molecule has 124 valence electrons. The Bertz CT molecular complexity index is 828. The molecular weight excluding hydrogens is 310 g/mol. The molecule has 0 fully saturated rings. The van der Waals surface area contributed by atoms with Crippen molar-refractivity contribution in [3.05, 3.63) is 58.1 Å². The summed E-state index contributed by atoms with van der Waals surface area (Å²) in [4.78, 5) is 23.8. The van der Waals surface area contributed by atoms with E-state index >= 15 is 0 Å². The summed E-state index contributed by atoms with van der Waals surface area (Å²) >= 11 is 0. The molecule has 4 N–H and O–H groups in total. The normalized spacial score (nSPS) is 12.5. The molecule has 0 aliphatic heterocycles. The molecule has 2 aromatic rings. The summed E-state index contributed by atoms with van der Waals surface area (Å²) in [5.74, 6) is -1.08. The molecular formula is C18H17NO5. The van der Waals surface area contributed by atoms with Crippen LogP contribution in [-0.4, -0.2) is 27.1 Å². The number of aromatic hydroxyl groups is 2. The van der Waals surface area contributed by atoms with E-state index in [1.807, 2.05) is 0 Å². The molecule has 2 aromatic carbocycles. The zero-order valence-electron chi connectivity index (χ0n) is 12.9. The number of amides is 1. The van der Waals surface area contributed by atoms with E-state index in [1.54, 1.807) is 29.7 Å². The van der Waals surface area contributed by atoms with E-state index in [-0.39, 0.29) is 29.0 Å². The third-order valence-corrected chi connectivity index (χ3v) is 4.29. The predicted molar refractivity (Wildman–Crippen MR) is 85.3 cm³/mol. The minimum atomic E-state index is -0.498. The van der Waals surface area contributed by atoms with Gasteiger partial charge in [-0.25, -0.2) is 5.48 Å². The fraction of sp³-hybridized carbons (Fsp3) is 0.222. The minimum absolute atomic E-state index is 0.0902. The Kier molecular flexibility index (Phi) is 4.22. The summed E-state index contributed by atoms with van der Waals surface area (Å²) in [7, 11) is 0. The molecule has 1 aliphatic rings. The van der Waals surface area contributed by atoms with Crippen LogP contribution in [0, 0.1) is 0 Å². The van der Waals surface area contributed by atoms with E-state index in [0.717, 1.165) is 5.56 Å². The Balaban J connectivity index is 1.91. The molecule has 0 saturated heterocycles. The van der Waals surface area contributed by atoms with Crippen LogP contribution < -0.4 is 5.48 Å². The highest BCUT2D eigenvalue weighted by Gasteiger charge is 2.29. The second-order valence-corrected chi connectivity index (χ2v) is 5.81. The number of phenolic OH excluding ortho intramolecular Hbond substituents is 2. The van der Waals surface area contributed by atoms with Crippen molar-refractivity contribution < 1.29 is 25.0 Å². The third-order valence-electron chi connectivity index (χ3n) is 4.29. The van der Waals surface area contributed by atoms with E-state index < -0.39 is 11.7 Å². The summed E-state index contributed by atoms with van der Waals surface area (Å²) in [6.45, 7) is 0. The van der Waals surface area contributed by atoms with Gasteiger partial charge in [0.05, 0.1) is 11.1 Å². The second-order valence-electron chi connectivity index (χ2n) is 5.81. The molecule has 0 saturated carbocycles. The molecule has 6 nitrogen and oxygen atoms in total. The lowest BCUT2D eigenvalue weighted by Crippen LogP contribution is -2.18. The first-order valence-corrected chi connectivity index (χ1v) is 7.65. The fourth-order valence-electron chi connectivity index (χ4n) is 3.10. The molecule has 3 rings (SSSR count). The number of fused-ring (bicyclic) bond motifs is 2. The highest BCUT2D eigenvalue weighted by atomic mass is 16.5. The summed E-state index contributed by atoms with van der Waals surface area (Å²) in [6.07, 6.45) is 1.40. The monoisotopic (exact) mass is 327 g/mol. The van der Waals surface area contributed by atoms with Crippen molar-refractivity contribution in [1.82, 2.24) is 5.48 Å². The van der Waals surface area contributed by atoms with Gasteiger partial charge in [0.15, 0.2) is 0 Å². The molecule has 0 unspecified atom stereocenters. The summed E-state index contributed by atoms with van der Waals surface area (Å²) in [6, 6.07) is 8.46. The van der Waals surface area contributed by atoms with Crippen LogP contribution in [0.25, 0.3) is 0 Å². The average molecular weight is 327 g/mol. The van der Waals surface area contributed by atoms with Crippen LogP contribution in [0.15, 0.2) is 30.3 Å². The van der Waals surface area contributed by atoms with Gasteiger partial charge in [0.2, 0.25) is 11.7 Å². The Hall–Kier alpha value is -2.86. The Morgan fingerprint density at radius 2 is 1.83 bits per heavy atom. The predicted octanol–water partition coefficient (Wildman–Crippen LogP) is 2.06. The van der Waals surface area contributed by atoms with Gasteiger partial charge in [0.1, 0.15) is 11.5 Å².